The van der Waals surface area contributed by atoms with Gasteiger partial charge in [0.15, 0.2) is 0 Å². The van der Waals surface area contributed by atoms with Gasteiger partial charge in [0.05, 0.1) is 0 Å². The number of carbonyl (C=O) groups is 2. The average molecular weight is 342 g/mol. The zero-order valence-electron chi connectivity index (χ0n) is 14.8. The maximum Gasteiger partial charge on any atom is 0.254 e. The van der Waals surface area contributed by atoms with Crippen LogP contribution in [-0.4, -0.2) is 52.4 Å². The molecule has 2 aliphatic heterocycles. The average Bonchev–Trinajstić information content (AvgIpc) is 3.44. The molecule has 1 N–H and O–H groups in total. The summed E-state index contributed by atoms with van der Waals surface area (Å²) in [5.74, 6) is 0.462. The molecule has 2 amide bonds. The van der Waals surface area contributed by atoms with Crippen LogP contribution in [0.3, 0.4) is 0 Å². The highest BCUT2D eigenvalue weighted by molar-refractivity contribution is 5.96. The van der Waals surface area contributed by atoms with E-state index in [2.05, 4.69) is 4.90 Å². The molecule has 2 saturated heterocycles. The number of likely N-dealkylation sites (tertiary alicyclic amines) is 2. The maximum atomic E-state index is 13.0. The summed E-state index contributed by atoms with van der Waals surface area (Å²) in [5.41, 5.74) is 1.28. The van der Waals surface area contributed by atoms with Crippen molar-refractivity contribution in [3.63, 3.8) is 0 Å². The number of phenolic OH excluding ortho intramolecular Hbond substituents is 1. The van der Waals surface area contributed by atoms with Crippen LogP contribution in [0.4, 0.5) is 0 Å². The molecular formula is C20H26N2O3. The second-order valence-electron chi connectivity index (χ2n) is 8.03. The molecule has 1 spiro atoms. The summed E-state index contributed by atoms with van der Waals surface area (Å²) in [4.78, 5) is 29.3. The number of amides is 2. The summed E-state index contributed by atoms with van der Waals surface area (Å²) < 4.78 is 0. The van der Waals surface area contributed by atoms with Crippen molar-refractivity contribution in [1.82, 2.24) is 9.80 Å². The third-order valence-electron chi connectivity index (χ3n) is 6.17. The van der Waals surface area contributed by atoms with E-state index in [9.17, 15) is 14.7 Å². The topological polar surface area (TPSA) is 60.9 Å². The third kappa shape index (κ3) is 3.00. The van der Waals surface area contributed by atoms with Crippen molar-refractivity contribution in [1.29, 1.82) is 0 Å². The first kappa shape index (κ1) is 16.4. The predicted molar refractivity (Wildman–Crippen MR) is 94.4 cm³/mol. The van der Waals surface area contributed by atoms with E-state index in [-0.39, 0.29) is 17.1 Å². The molecular weight excluding hydrogens is 316 g/mol. The molecule has 1 saturated carbocycles. The van der Waals surface area contributed by atoms with Crippen LogP contribution < -0.4 is 0 Å². The fraction of sp³-hybridized carbons (Fsp3) is 0.600. The largest absolute Gasteiger partial charge is 0.508 e. The Bertz CT molecular complexity index is 713. The minimum absolute atomic E-state index is 0.00217. The van der Waals surface area contributed by atoms with Crippen molar-refractivity contribution in [2.24, 2.45) is 5.41 Å². The predicted octanol–water partition coefficient (Wildman–Crippen LogP) is 2.71. The molecule has 1 aromatic rings. The second-order valence-corrected chi connectivity index (χ2v) is 8.03. The highest BCUT2D eigenvalue weighted by atomic mass is 16.3. The first-order chi connectivity index (χ1) is 12.0. The van der Waals surface area contributed by atoms with Gasteiger partial charge in [-0.05, 0) is 51.2 Å². The number of nitrogens with zero attached hydrogens (tertiary/aromatic N) is 2. The Balaban J connectivity index is 1.53. The summed E-state index contributed by atoms with van der Waals surface area (Å²) in [6.45, 7) is 4.07. The van der Waals surface area contributed by atoms with Crippen molar-refractivity contribution in [3.05, 3.63) is 29.3 Å². The summed E-state index contributed by atoms with van der Waals surface area (Å²) >= 11 is 0. The molecule has 5 heteroatoms. The highest BCUT2D eigenvalue weighted by Crippen LogP contribution is 2.42. The lowest BCUT2D eigenvalue weighted by molar-refractivity contribution is -0.139. The fourth-order valence-corrected chi connectivity index (χ4v) is 4.50. The van der Waals surface area contributed by atoms with Gasteiger partial charge in [-0.2, -0.15) is 0 Å². The minimum Gasteiger partial charge on any atom is -0.508 e. The van der Waals surface area contributed by atoms with E-state index < -0.39 is 0 Å². The van der Waals surface area contributed by atoms with Crippen LogP contribution >= 0.6 is 0 Å². The summed E-state index contributed by atoms with van der Waals surface area (Å²) in [7, 11) is 0. The van der Waals surface area contributed by atoms with Crippen LogP contribution in [0.2, 0.25) is 0 Å². The molecule has 0 radical (unpaired) electrons. The van der Waals surface area contributed by atoms with Crippen molar-refractivity contribution in [2.75, 3.05) is 19.6 Å². The first-order valence-corrected chi connectivity index (χ1v) is 9.36. The van der Waals surface area contributed by atoms with Crippen molar-refractivity contribution in [3.8, 4) is 5.75 Å². The van der Waals surface area contributed by atoms with E-state index in [1.165, 1.54) is 0 Å². The quantitative estimate of drug-likeness (QED) is 0.899. The van der Waals surface area contributed by atoms with E-state index in [1.54, 1.807) is 25.1 Å². The van der Waals surface area contributed by atoms with Gasteiger partial charge in [-0.1, -0.05) is 6.07 Å². The van der Waals surface area contributed by atoms with Gasteiger partial charge < -0.3 is 14.9 Å². The van der Waals surface area contributed by atoms with E-state index in [0.29, 0.717) is 29.5 Å². The third-order valence-corrected chi connectivity index (χ3v) is 6.17. The van der Waals surface area contributed by atoms with Crippen molar-refractivity contribution in [2.45, 2.75) is 51.5 Å². The smallest absolute Gasteiger partial charge is 0.254 e. The Morgan fingerprint density at radius 3 is 2.80 bits per heavy atom. The van der Waals surface area contributed by atoms with Crippen molar-refractivity contribution >= 4 is 11.8 Å². The summed E-state index contributed by atoms with van der Waals surface area (Å²) in [6, 6.07) is 5.58. The molecule has 3 aliphatic rings. The van der Waals surface area contributed by atoms with Gasteiger partial charge >= 0.3 is 0 Å². The monoisotopic (exact) mass is 342 g/mol. The normalized spacial score (nSPS) is 27.0. The molecule has 3 fully saturated rings. The Hall–Kier alpha value is -2.04. The van der Waals surface area contributed by atoms with E-state index in [0.717, 1.165) is 51.7 Å². The number of rotatable bonds is 2. The second kappa shape index (κ2) is 6.04. The van der Waals surface area contributed by atoms with E-state index >= 15 is 0 Å². The lowest BCUT2D eigenvalue weighted by Gasteiger charge is -2.48. The molecule has 0 aromatic heterocycles. The number of carbonyl (C=O) groups excluding carboxylic acids is 2. The summed E-state index contributed by atoms with van der Waals surface area (Å²) in [6.07, 6.45) is 5.84. The van der Waals surface area contributed by atoms with Crippen LogP contribution in [0.15, 0.2) is 18.2 Å². The number of benzene rings is 1. The van der Waals surface area contributed by atoms with Gasteiger partial charge in [0.1, 0.15) is 5.75 Å². The van der Waals surface area contributed by atoms with Gasteiger partial charge in [-0.3, -0.25) is 9.59 Å². The number of hydrogen-bond donors (Lipinski definition) is 1. The number of hydrogen-bond acceptors (Lipinski definition) is 3. The van der Waals surface area contributed by atoms with Crippen LogP contribution in [0.25, 0.3) is 0 Å². The molecule has 134 valence electrons. The zero-order chi connectivity index (χ0) is 17.6. The molecule has 5 nitrogen and oxygen atoms in total. The lowest BCUT2D eigenvalue weighted by atomic mass is 9.73. The number of phenols is 1. The van der Waals surface area contributed by atoms with Crippen LogP contribution in [0.1, 0.15) is 54.4 Å². The van der Waals surface area contributed by atoms with E-state index in [4.69, 9.17) is 0 Å². The van der Waals surface area contributed by atoms with Crippen molar-refractivity contribution < 1.29 is 14.7 Å². The number of aromatic hydroxyl groups is 1. The Morgan fingerprint density at radius 1 is 1.24 bits per heavy atom. The van der Waals surface area contributed by atoms with Gasteiger partial charge in [-0.25, -0.2) is 0 Å². The molecule has 2 heterocycles. The Kier molecular flexibility index (Phi) is 3.97. The van der Waals surface area contributed by atoms with Crippen LogP contribution in [0.5, 0.6) is 5.75 Å². The molecule has 1 aliphatic carbocycles. The van der Waals surface area contributed by atoms with Gasteiger partial charge in [0.2, 0.25) is 5.91 Å². The lowest BCUT2D eigenvalue weighted by Crippen LogP contribution is -2.55. The zero-order valence-corrected chi connectivity index (χ0v) is 14.8. The van der Waals surface area contributed by atoms with Gasteiger partial charge in [0, 0.05) is 48.6 Å². The highest BCUT2D eigenvalue weighted by Gasteiger charge is 2.46. The molecule has 1 aromatic carbocycles. The first-order valence-electron chi connectivity index (χ1n) is 9.36. The molecule has 4 rings (SSSR count). The molecule has 0 bridgehead atoms. The molecule has 25 heavy (non-hydrogen) atoms. The SMILES string of the molecule is Cc1c(O)cccc1C(=O)N1CCC[C@@]2(CCC(=O)N(C3CC3)C2)C1. The Labute approximate surface area is 148 Å². The Morgan fingerprint density at radius 2 is 2.04 bits per heavy atom. The standard InChI is InChI=1S/C20H26N2O3/c1-14-16(4-2-5-17(14)23)19(25)21-11-3-9-20(12-21)10-8-18(24)22(13-20)15-6-7-15/h2,4-5,15,23H,3,6-13H2,1H3/t20-/m1/s1. The minimum atomic E-state index is 0.00217. The van der Waals surface area contributed by atoms with Crippen LogP contribution in [0, 0.1) is 12.3 Å². The summed E-state index contributed by atoms with van der Waals surface area (Å²) in [5, 5.41) is 9.91. The van der Waals surface area contributed by atoms with Crippen LogP contribution in [-0.2, 0) is 4.79 Å². The van der Waals surface area contributed by atoms with E-state index in [1.807, 2.05) is 4.90 Å². The molecule has 0 unspecified atom stereocenters. The maximum absolute atomic E-state index is 13.0. The van der Waals surface area contributed by atoms with Gasteiger partial charge in [0.25, 0.3) is 5.91 Å². The van der Waals surface area contributed by atoms with Gasteiger partial charge in [-0.15, -0.1) is 0 Å². The fourth-order valence-electron chi connectivity index (χ4n) is 4.50. The molecule has 1 atom stereocenters. The number of piperidine rings is 2.